The van der Waals surface area contributed by atoms with Crippen molar-refractivity contribution >= 4 is 0 Å². The molecule has 1 atom stereocenters. The van der Waals surface area contributed by atoms with Crippen molar-refractivity contribution in [1.82, 2.24) is 20.1 Å². The van der Waals surface area contributed by atoms with E-state index in [4.69, 9.17) is 0 Å². The fourth-order valence-corrected chi connectivity index (χ4v) is 2.14. The van der Waals surface area contributed by atoms with Crippen LogP contribution < -0.4 is 5.32 Å². The van der Waals surface area contributed by atoms with Crippen molar-refractivity contribution in [2.45, 2.75) is 45.1 Å². The molecule has 0 saturated carbocycles. The third-order valence-electron chi connectivity index (χ3n) is 3.31. The number of nitrogens with one attached hydrogen (secondary N) is 1. The van der Waals surface area contributed by atoms with Gasteiger partial charge in [-0.2, -0.15) is 0 Å². The average molecular weight is 208 g/mol. The molecule has 4 heteroatoms. The van der Waals surface area contributed by atoms with E-state index in [0.29, 0.717) is 6.04 Å². The molecule has 2 heterocycles. The van der Waals surface area contributed by atoms with E-state index in [9.17, 15) is 0 Å². The van der Waals surface area contributed by atoms with E-state index in [0.717, 1.165) is 18.1 Å². The van der Waals surface area contributed by atoms with Gasteiger partial charge in [0.2, 0.25) is 0 Å². The van der Waals surface area contributed by atoms with Crippen LogP contribution in [0.2, 0.25) is 0 Å². The van der Waals surface area contributed by atoms with E-state index in [-0.39, 0.29) is 0 Å². The molecule has 4 nitrogen and oxygen atoms in total. The topological polar surface area (TPSA) is 42.7 Å². The highest BCUT2D eigenvalue weighted by Gasteiger charge is 2.13. The molecule has 1 aliphatic rings. The Bertz CT molecular complexity index is 312. The molecule has 1 fully saturated rings. The minimum Gasteiger partial charge on any atom is -0.318 e. The van der Waals surface area contributed by atoms with Gasteiger partial charge in [0.25, 0.3) is 0 Å². The monoisotopic (exact) mass is 208 g/mol. The highest BCUT2D eigenvalue weighted by Crippen LogP contribution is 2.12. The third-order valence-corrected chi connectivity index (χ3v) is 3.31. The zero-order chi connectivity index (χ0) is 10.7. The first kappa shape index (κ1) is 10.6. The van der Waals surface area contributed by atoms with Gasteiger partial charge in [-0.15, -0.1) is 10.2 Å². The lowest BCUT2D eigenvalue weighted by Gasteiger charge is -2.23. The Kier molecular flexibility index (Phi) is 3.36. The maximum Gasteiger partial charge on any atom is 0.132 e. The van der Waals surface area contributed by atoms with Crippen LogP contribution in [0.25, 0.3) is 0 Å². The Balaban J connectivity index is 1.84. The fourth-order valence-electron chi connectivity index (χ4n) is 2.14. The molecule has 0 aromatic carbocycles. The van der Waals surface area contributed by atoms with Crippen LogP contribution in [0.5, 0.6) is 0 Å². The van der Waals surface area contributed by atoms with Crippen LogP contribution in [0.3, 0.4) is 0 Å². The van der Waals surface area contributed by atoms with Gasteiger partial charge in [-0.05, 0) is 32.7 Å². The van der Waals surface area contributed by atoms with Gasteiger partial charge in [-0.3, -0.25) is 0 Å². The number of piperidine rings is 1. The van der Waals surface area contributed by atoms with Crippen molar-refractivity contribution in [2.75, 3.05) is 6.54 Å². The largest absolute Gasteiger partial charge is 0.318 e. The predicted octanol–water partition coefficient (Wildman–Crippen LogP) is 1.20. The molecule has 1 aromatic heterocycles. The normalized spacial score (nSPS) is 21.9. The summed E-state index contributed by atoms with van der Waals surface area (Å²) in [5, 5.41) is 11.8. The number of rotatable bonds is 3. The summed E-state index contributed by atoms with van der Waals surface area (Å²) in [5.41, 5.74) is 0. The minimum absolute atomic E-state index is 0.691. The molecule has 1 N–H and O–H groups in total. The van der Waals surface area contributed by atoms with Crippen LogP contribution in [0.15, 0.2) is 0 Å². The highest BCUT2D eigenvalue weighted by atomic mass is 15.3. The summed E-state index contributed by atoms with van der Waals surface area (Å²) < 4.78 is 2.09. The molecule has 0 bridgehead atoms. The number of nitrogens with zero attached hydrogens (tertiary/aromatic N) is 3. The van der Waals surface area contributed by atoms with Gasteiger partial charge in [0.1, 0.15) is 11.6 Å². The summed E-state index contributed by atoms with van der Waals surface area (Å²) in [6, 6.07) is 0.691. The van der Waals surface area contributed by atoms with Crippen LogP contribution in [-0.4, -0.2) is 27.4 Å². The van der Waals surface area contributed by atoms with E-state index in [1.165, 1.54) is 32.2 Å². The molecule has 2 rings (SSSR count). The summed E-state index contributed by atoms with van der Waals surface area (Å²) in [6.45, 7) is 3.18. The number of hydrogen-bond acceptors (Lipinski definition) is 3. The maximum absolute atomic E-state index is 4.18. The number of aryl methyl sites for hydroxylation is 2. The van der Waals surface area contributed by atoms with E-state index >= 15 is 0 Å². The number of aromatic nitrogens is 3. The summed E-state index contributed by atoms with van der Waals surface area (Å²) >= 11 is 0. The second kappa shape index (κ2) is 4.75. The molecule has 1 aliphatic heterocycles. The molecule has 1 unspecified atom stereocenters. The summed E-state index contributed by atoms with van der Waals surface area (Å²) in [4.78, 5) is 0. The highest BCUT2D eigenvalue weighted by molar-refractivity contribution is 4.93. The van der Waals surface area contributed by atoms with E-state index in [1.54, 1.807) is 0 Å². The van der Waals surface area contributed by atoms with Crippen molar-refractivity contribution < 1.29 is 0 Å². The van der Waals surface area contributed by atoms with Crippen LogP contribution in [0.1, 0.15) is 37.3 Å². The van der Waals surface area contributed by atoms with Crippen LogP contribution >= 0.6 is 0 Å². The summed E-state index contributed by atoms with van der Waals surface area (Å²) in [5.74, 6) is 2.11. The quantitative estimate of drug-likeness (QED) is 0.811. The zero-order valence-electron chi connectivity index (χ0n) is 9.66. The first-order valence-corrected chi connectivity index (χ1v) is 5.85. The molecule has 0 aliphatic carbocycles. The van der Waals surface area contributed by atoms with Gasteiger partial charge in [0.15, 0.2) is 0 Å². The molecule has 0 amide bonds. The van der Waals surface area contributed by atoms with Gasteiger partial charge in [0, 0.05) is 19.5 Å². The molecular formula is C11H20N4. The molecular weight excluding hydrogens is 188 g/mol. The van der Waals surface area contributed by atoms with Crippen molar-refractivity contribution in [2.24, 2.45) is 7.05 Å². The Hall–Kier alpha value is -0.900. The van der Waals surface area contributed by atoms with Gasteiger partial charge >= 0.3 is 0 Å². The van der Waals surface area contributed by atoms with Crippen LogP contribution in [0.4, 0.5) is 0 Å². The smallest absolute Gasteiger partial charge is 0.132 e. The lowest BCUT2D eigenvalue weighted by molar-refractivity contribution is 0.379. The van der Waals surface area contributed by atoms with Crippen molar-refractivity contribution in [3.05, 3.63) is 11.6 Å². The zero-order valence-corrected chi connectivity index (χ0v) is 9.66. The molecule has 0 radical (unpaired) electrons. The van der Waals surface area contributed by atoms with Crippen molar-refractivity contribution in [3.63, 3.8) is 0 Å². The lowest BCUT2D eigenvalue weighted by Crippen LogP contribution is -2.34. The standard InChI is InChI=1S/C11H20N4/c1-9-13-14-11(15(9)2)7-6-10-5-3-4-8-12-10/h10,12H,3-8H2,1-2H3. The predicted molar refractivity (Wildman–Crippen MR) is 59.7 cm³/mol. The second-order valence-corrected chi connectivity index (χ2v) is 4.41. The molecule has 1 aromatic rings. The van der Waals surface area contributed by atoms with E-state index in [1.807, 2.05) is 14.0 Å². The Morgan fingerprint density at radius 2 is 2.27 bits per heavy atom. The summed E-state index contributed by atoms with van der Waals surface area (Å²) in [6.07, 6.45) is 6.24. The molecule has 15 heavy (non-hydrogen) atoms. The van der Waals surface area contributed by atoms with Crippen LogP contribution in [-0.2, 0) is 13.5 Å². The third kappa shape index (κ3) is 2.56. The molecule has 0 spiro atoms. The number of hydrogen-bond donors (Lipinski definition) is 1. The first-order chi connectivity index (χ1) is 7.27. The first-order valence-electron chi connectivity index (χ1n) is 5.85. The minimum atomic E-state index is 0.691. The maximum atomic E-state index is 4.18. The van der Waals surface area contributed by atoms with E-state index < -0.39 is 0 Å². The SMILES string of the molecule is Cc1nnc(CCC2CCCCN2)n1C. The van der Waals surface area contributed by atoms with Crippen LogP contribution in [0, 0.1) is 6.92 Å². The van der Waals surface area contributed by atoms with E-state index in [2.05, 4.69) is 20.1 Å². The Morgan fingerprint density at radius 3 is 2.87 bits per heavy atom. The Labute approximate surface area is 91.1 Å². The molecule has 84 valence electrons. The van der Waals surface area contributed by atoms with Gasteiger partial charge in [0.05, 0.1) is 0 Å². The summed E-state index contributed by atoms with van der Waals surface area (Å²) in [7, 11) is 2.04. The average Bonchev–Trinajstić information content (AvgIpc) is 2.59. The van der Waals surface area contributed by atoms with Gasteiger partial charge in [-0.25, -0.2) is 0 Å². The molecule has 1 saturated heterocycles. The van der Waals surface area contributed by atoms with Gasteiger partial charge in [-0.1, -0.05) is 6.42 Å². The van der Waals surface area contributed by atoms with Gasteiger partial charge < -0.3 is 9.88 Å². The lowest BCUT2D eigenvalue weighted by atomic mass is 10.0. The van der Waals surface area contributed by atoms with Crippen molar-refractivity contribution in [3.8, 4) is 0 Å². The second-order valence-electron chi connectivity index (χ2n) is 4.41. The Morgan fingerprint density at radius 1 is 1.40 bits per heavy atom. The van der Waals surface area contributed by atoms with Crippen molar-refractivity contribution in [1.29, 1.82) is 0 Å². The fraction of sp³-hybridized carbons (Fsp3) is 0.818.